The molecular formula is C19H19ClN2O4S2. The number of fused-ring (bicyclic) bond motifs is 2. The van der Waals surface area contributed by atoms with Crippen molar-refractivity contribution in [1.82, 2.24) is 0 Å². The van der Waals surface area contributed by atoms with E-state index in [1.54, 1.807) is 53.1 Å². The van der Waals surface area contributed by atoms with Crippen LogP contribution in [0.4, 0.5) is 11.4 Å². The van der Waals surface area contributed by atoms with Gasteiger partial charge < -0.3 is 9.64 Å². The number of halogens is 1. The molecule has 0 atom stereocenters. The van der Waals surface area contributed by atoms with Gasteiger partial charge in [0, 0.05) is 23.4 Å². The summed E-state index contributed by atoms with van der Waals surface area (Å²) in [5, 5.41) is 0.436. The number of sulfonamides is 1. The Morgan fingerprint density at radius 2 is 1.96 bits per heavy atom. The SMILES string of the molecule is CC(=O)N1CCCSc2ccc(S(=O)(=O)N3CCOc4ccc(Cl)cc43)cc21. The van der Waals surface area contributed by atoms with E-state index in [2.05, 4.69) is 0 Å². The van der Waals surface area contributed by atoms with Crippen molar-refractivity contribution in [3.63, 3.8) is 0 Å². The van der Waals surface area contributed by atoms with E-state index < -0.39 is 10.0 Å². The fraction of sp³-hybridized carbons (Fsp3) is 0.316. The number of benzene rings is 2. The Morgan fingerprint density at radius 1 is 1.14 bits per heavy atom. The van der Waals surface area contributed by atoms with Gasteiger partial charge in [-0.05, 0) is 48.6 Å². The highest BCUT2D eigenvalue weighted by Gasteiger charge is 2.32. The van der Waals surface area contributed by atoms with Crippen LogP contribution in [-0.4, -0.2) is 39.8 Å². The predicted molar refractivity (Wildman–Crippen MR) is 111 cm³/mol. The van der Waals surface area contributed by atoms with Gasteiger partial charge >= 0.3 is 0 Å². The van der Waals surface area contributed by atoms with Crippen molar-refractivity contribution in [2.45, 2.75) is 23.1 Å². The molecule has 9 heteroatoms. The zero-order chi connectivity index (χ0) is 19.9. The number of anilines is 2. The fourth-order valence-corrected chi connectivity index (χ4v) is 6.00. The minimum atomic E-state index is -3.84. The van der Waals surface area contributed by atoms with E-state index in [1.807, 2.05) is 0 Å². The number of thioether (sulfide) groups is 1. The molecule has 2 aliphatic rings. The highest BCUT2D eigenvalue weighted by molar-refractivity contribution is 7.99. The van der Waals surface area contributed by atoms with Crippen molar-refractivity contribution in [1.29, 1.82) is 0 Å². The summed E-state index contributed by atoms with van der Waals surface area (Å²) in [6.07, 6.45) is 0.857. The topological polar surface area (TPSA) is 66.9 Å². The Labute approximate surface area is 173 Å². The van der Waals surface area contributed by atoms with Crippen LogP contribution in [0, 0.1) is 0 Å². The van der Waals surface area contributed by atoms with Crippen LogP contribution in [-0.2, 0) is 14.8 Å². The number of hydrogen-bond donors (Lipinski definition) is 0. The summed E-state index contributed by atoms with van der Waals surface area (Å²) in [6.45, 7) is 2.53. The van der Waals surface area contributed by atoms with Gasteiger partial charge in [0.25, 0.3) is 10.0 Å². The normalized spacial score (nSPS) is 16.6. The molecule has 0 saturated heterocycles. The van der Waals surface area contributed by atoms with Crippen LogP contribution in [0.2, 0.25) is 5.02 Å². The standard InChI is InChI=1S/C19H19ClN2O4S2/c1-13(23)21-7-2-10-27-19-6-4-15(12-17(19)21)28(24,25)22-8-9-26-18-5-3-14(20)11-16(18)22/h3-6,11-12H,2,7-10H2,1H3. The van der Waals surface area contributed by atoms with Gasteiger partial charge in [-0.2, -0.15) is 0 Å². The molecule has 6 nitrogen and oxygen atoms in total. The van der Waals surface area contributed by atoms with Gasteiger partial charge in [-0.3, -0.25) is 9.10 Å². The number of carbonyl (C=O) groups excluding carboxylic acids is 1. The summed E-state index contributed by atoms with van der Waals surface area (Å²) >= 11 is 7.72. The van der Waals surface area contributed by atoms with Crippen LogP contribution in [0.25, 0.3) is 0 Å². The summed E-state index contributed by atoms with van der Waals surface area (Å²) in [7, 11) is -3.84. The van der Waals surface area contributed by atoms with Crippen molar-refractivity contribution in [3.8, 4) is 5.75 Å². The summed E-state index contributed by atoms with van der Waals surface area (Å²) < 4.78 is 33.7. The van der Waals surface area contributed by atoms with Crippen LogP contribution in [0.15, 0.2) is 46.2 Å². The average Bonchev–Trinajstić information content (AvgIpc) is 2.89. The van der Waals surface area contributed by atoms with Crippen molar-refractivity contribution in [3.05, 3.63) is 41.4 Å². The van der Waals surface area contributed by atoms with Crippen LogP contribution in [0.5, 0.6) is 5.75 Å². The second kappa shape index (κ2) is 7.50. The van der Waals surface area contributed by atoms with E-state index in [9.17, 15) is 13.2 Å². The lowest BCUT2D eigenvalue weighted by Gasteiger charge is -2.31. The molecule has 2 aliphatic heterocycles. The lowest BCUT2D eigenvalue weighted by molar-refractivity contribution is -0.116. The van der Waals surface area contributed by atoms with E-state index in [4.69, 9.17) is 16.3 Å². The van der Waals surface area contributed by atoms with Gasteiger partial charge in [-0.25, -0.2) is 8.42 Å². The first-order chi connectivity index (χ1) is 13.4. The number of hydrogen-bond acceptors (Lipinski definition) is 5. The Morgan fingerprint density at radius 3 is 2.75 bits per heavy atom. The Bertz CT molecular complexity index is 1040. The largest absolute Gasteiger partial charge is 0.489 e. The molecule has 0 unspecified atom stereocenters. The van der Waals surface area contributed by atoms with E-state index in [0.29, 0.717) is 28.7 Å². The van der Waals surface area contributed by atoms with Crippen molar-refractivity contribution >= 4 is 50.7 Å². The molecular weight excluding hydrogens is 420 g/mol. The van der Waals surface area contributed by atoms with Gasteiger partial charge in [0.15, 0.2) is 0 Å². The predicted octanol–water partition coefficient (Wildman–Crippen LogP) is 3.78. The van der Waals surface area contributed by atoms with Crippen LogP contribution < -0.4 is 13.9 Å². The molecule has 2 aromatic rings. The molecule has 0 radical (unpaired) electrons. The van der Waals surface area contributed by atoms with E-state index in [1.165, 1.54) is 11.2 Å². The minimum Gasteiger partial charge on any atom is -0.489 e. The van der Waals surface area contributed by atoms with Crippen LogP contribution >= 0.6 is 23.4 Å². The maximum Gasteiger partial charge on any atom is 0.264 e. The van der Waals surface area contributed by atoms with Gasteiger partial charge in [0.2, 0.25) is 5.91 Å². The highest BCUT2D eigenvalue weighted by Crippen LogP contribution is 2.40. The zero-order valence-electron chi connectivity index (χ0n) is 15.2. The molecule has 148 valence electrons. The first kappa shape index (κ1) is 19.4. The summed E-state index contributed by atoms with van der Waals surface area (Å²) in [4.78, 5) is 14.8. The first-order valence-corrected chi connectivity index (χ1v) is 11.7. The van der Waals surface area contributed by atoms with Crippen molar-refractivity contribution in [2.75, 3.05) is 34.7 Å². The highest BCUT2D eigenvalue weighted by atomic mass is 35.5. The number of amides is 1. The van der Waals surface area contributed by atoms with Gasteiger partial charge in [0.1, 0.15) is 12.4 Å². The second-order valence-corrected chi connectivity index (χ2v) is 9.98. The molecule has 0 aromatic heterocycles. The molecule has 0 bridgehead atoms. The van der Waals surface area contributed by atoms with Crippen molar-refractivity contribution < 1.29 is 17.9 Å². The number of carbonyl (C=O) groups is 1. The third-order valence-electron chi connectivity index (χ3n) is 4.71. The maximum atomic E-state index is 13.4. The molecule has 4 rings (SSSR count). The zero-order valence-corrected chi connectivity index (χ0v) is 17.6. The van der Waals surface area contributed by atoms with Gasteiger partial charge in [-0.15, -0.1) is 11.8 Å². The molecule has 0 aliphatic carbocycles. The number of ether oxygens (including phenoxy) is 1. The van der Waals surface area contributed by atoms with Crippen LogP contribution in [0.3, 0.4) is 0 Å². The summed E-state index contributed by atoms with van der Waals surface area (Å²) in [5.74, 6) is 1.27. The maximum absolute atomic E-state index is 13.4. The molecule has 1 amide bonds. The smallest absolute Gasteiger partial charge is 0.264 e. The molecule has 0 saturated carbocycles. The first-order valence-electron chi connectivity index (χ1n) is 8.88. The van der Waals surface area contributed by atoms with E-state index >= 15 is 0 Å². The minimum absolute atomic E-state index is 0.0956. The van der Waals surface area contributed by atoms with Crippen molar-refractivity contribution in [2.24, 2.45) is 0 Å². The average molecular weight is 439 g/mol. The molecule has 0 fully saturated rings. The van der Waals surface area contributed by atoms with Gasteiger partial charge in [0.05, 0.1) is 22.8 Å². The summed E-state index contributed by atoms with van der Waals surface area (Å²) in [6, 6.07) is 9.92. The molecule has 0 spiro atoms. The fourth-order valence-electron chi connectivity index (χ4n) is 3.39. The molecule has 2 heterocycles. The lowest BCUT2D eigenvalue weighted by atomic mass is 10.2. The number of nitrogens with zero attached hydrogens (tertiary/aromatic N) is 2. The molecule has 28 heavy (non-hydrogen) atoms. The quantitative estimate of drug-likeness (QED) is 0.713. The third kappa shape index (κ3) is 3.44. The Hall–Kier alpha value is -1.90. The second-order valence-electron chi connectivity index (χ2n) is 6.54. The third-order valence-corrected chi connectivity index (χ3v) is 7.91. The summed E-state index contributed by atoms with van der Waals surface area (Å²) in [5.41, 5.74) is 1.07. The number of rotatable bonds is 2. The van der Waals surface area contributed by atoms with E-state index in [-0.39, 0.29) is 24.0 Å². The van der Waals surface area contributed by atoms with E-state index in [0.717, 1.165) is 17.1 Å². The van der Waals surface area contributed by atoms with Crippen LogP contribution in [0.1, 0.15) is 13.3 Å². The Balaban J connectivity index is 1.80. The Kier molecular flexibility index (Phi) is 5.20. The van der Waals surface area contributed by atoms with Gasteiger partial charge in [-0.1, -0.05) is 11.6 Å². The monoisotopic (exact) mass is 438 g/mol. The lowest BCUT2D eigenvalue weighted by Crippen LogP contribution is -2.38. The molecule has 0 N–H and O–H groups in total. The molecule has 2 aromatic carbocycles.